The van der Waals surface area contributed by atoms with Crippen molar-refractivity contribution in [2.45, 2.75) is 54.3 Å². The molecular formula is C25H30N2O2. The Balaban J connectivity index is 1.86. The lowest BCUT2D eigenvalue weighted by Gasteiger charge is -2.13. The molecule has 0 saturated heterocycles. The third-order valence-corrected chi connectivity index (χ3v) is 5.71. The fraction of sp³-hybridized carbons (Fsp3) is 0.320. The number of hydrogen-bond acceptors (Lipinski definition) is 2. The molecule has 0 atom stereocenters. The number of carbonyl (C=O) groups is 1. The van der Waals surface area contributed by atoms with Gasteiger partial charge in [-0.3, -0.25) is 0 Å². The molecule has 0 aliphatic heterocycles. The molecule has 0 fully saturated rings. The normalized spacial score (nSPS) is 11.1. The van der Waals surface area contributed by atoms with E-state index < -0.39 is 5.97 Å². The van der Waals surface area contributed by atoms with E-state index in [9.17, 15) is 9.90 Å². The van der Waals surface area contributed by atoms with Crippen LogP contribution >= 0.6 is 0 Å². The molecule has 2 N–H and O–H groups in total. The molecule has 0 saturated carbocycles. The highest BCUT2D eigenvalue weighted by Crippen LogP contribution is 2.25. The molecule has 0 radical (unpaired) electrons. The van der Waals surface area contributed by atoms with Crippen LogP contribution < -0.4 is 5.32 Å². The van der Waals surface area contributed by atoms with Crippen LogP contribution in [0.4, 0.5) is 0 Å². The molecule has 0 unspecified atom stereocenters. The van der Waals surface area contributed by atoms with Crippen LogP contribution in [-0.2, 0) is 19.6 Å². The zero-order valence-corrected chi connectivity index (χ0v) is 18.0. The Kier molecular flexibility index (Phi) is 6.23. The van der Waals surface area contributed by atoms with Gasteiger partial charge in [0.15, 0.2) is 0 Å². The largest absolute Gasteiger partial charge is 0.478 e. The van der Waals surface area contributed by atoms with Crippen molar-refractivity contribution in [1.29, 1.82) is 0 Å². The Morgan fingerprint density at radius 1 is 0.897 bits per heavy atom. The first-order valence-corrected chi connectivity index (χ1v) is 10.0. The van der Waals surface area contributed by atoms with E-state index in [1.807, 2.05) is 13.8 Å². The lowest BCUT2D eigenvalue weighted by Crippen LogP contribution is -2.15. The Bertz CT molecular complexity index is 1030. The van der Waals surface area contributed by atoms with Crippen LogP contribution in [0.5, 0.6) is 0 Å². The molecule has 2 aromatic carbocycles. The molecule has 4 heteroatoms. The van der Waals surface area contributed by atoms with Crippen LogP contribution in [0.3, 0.4) is 0 Å². The standard InChI is InChI=1S/C25H30N2O2/c1-16-7-10-21(11-8-16)13-26-14-23-19(4)27(20(5)24(23)25(28)29)15-22-12-17(2)6-9-18(22)3/h6-12,26H,13-15H2,1-5H3,(H,28,29). The number of nitrogens with one attached hydrogen (secondary N) is 1. The number of aryl methyl sites for hydroxylation is 3. The summed E-state index contributed by atoms with van der Waals surface area (Å²) in [5, 5.41) is 13.3. The predicted molar refractivity (Wildman–Crippen MR) is 118 cm³/mol. The van der Waals surface area contributed by atoms with E-state index in [0.717, 1.165) is 17.0 Å². The molecule has 0 bridgehead atoms. The molecule has 0 aliphatic rings. The van der Waals surface area contributed by atoms with Crippen molar-refractivity contribution in [3.05, 3.63) is 92.8 Å². The van der Waals surface area contributed by atoms with Gasteiger partial charge in [-0.2, -0.15) is 0 Å². The summed E-state index contributed by atoms with van der Waals surface area (Å²) in [5.41, 5.74) is 9.19. The SMILES string of the molecule is Cc1ccc(CNCc2c(C(=O)O)c(C)n(Cc3cc(C)ccc3C)c2C)cc1. The third-order valence-electron chi connectivity index (χ3n) is 5.71. The van der Waals surface area contributed by atoms with Gasteiger partial charge in [-0.25, -0.2) is 4.79 Å². The molecule has 0 aliphatic carbocycles. The van der Waals surface area contributed by atoms with Gasteiger partial charge in [0.2, 0.25) is 0 Å². The molecule has 4 nitrogen and oxygen atoms in total. The number of hydrogen-bond donors (Lipinski definition) is 2. The highest BCUT2D eigenvalue weighted by molar-refractivity contribution is 5.91. The Hall–Kier alpha value is -2.85. The highest BCUT2D eigenvalue weighted by Gasteiger charge is 2.22. The molecule has 152 valence electrons. The maximum Gasteiger partial charge on any atom is 0.337 e. The van der Waals surface area contributed by atoms with Gasteiger partial charge >= 0.3 is 5.97 Å². The lowest BCUT2D eigenvalue weighted by atomic mass is 10.1. The molecule has 0 amide bonds. The summed E-state index contributed by atoms with van der Waals surface area (Å²) in [6.45, 7) is 12.1. The van der Waals surface area contributed by atoms with Gasteiger partial charge in [0.25, 0.3) is 0 Å². The molecule has 1 aromatic heterocycles. The van der Waals surface area contributed by atoms with Crippen LogP contribution in [-0.4, -0.2) is 15.6 Å². The summed E-state index contributed by atoms with van der Waals surface area (Å²) in [5.74, 6) is -0.863. The van der Waals surface area contributed by atoms with Crippen molar-refractivity contribution in [3.8, 4) is 0 Å². The van der Waals surface area contributed by atoms with E-state index in [1.165, 1.54) is 27.8 Å². The Labute approximate surface area is 173 Å². The number of aromatic nitrogens is 1. The van der Waals surface area contributed by atoms with Crippen LogP contribution in [0, 0.1) is 34.6 Å². The Morgan fingerprint density at radius 2 is 1.55 bits per heavy atom. The van der Waals surface area contributed by atoms with Crippen LogP contribution in [0.15, 0.2) is 42.5 Å². The van der Waals surface area contributed by atoms with Gasteiger partial charge in [-0.15, -0.1) is 0 Å². The van der Waals surface area contributed by atoms with Gasteiger partial charge in [-0.05, 0) is 51.3 Å². The number of benzene rings is 2. The first kappa shape index (κ1) is 20.9. The van der Waals surface area contributed by atoms with Gasteiger partial charge in [0.1, 0.15) is 0 Å². The van der Waals surface area contributed by atoms with Crippen molar-refractivity contribution >= 4 is 5.97 Å². The number of carboxylic acid groups (broad SMARTS) is 1. The zero-order chi connectivity index (χ0) is 21.1. The first-order valence-electron chi connectivity index (χ1n) is 10.0. The second-order valence-corrected chi connectivity index (χ2v) is 7.93. The van der Waals surface area contributed by atoms with Crippen molar-refractivity contribution < 1.29 is 9.90 Å². The maximum atomic E-state index is 12.0. The fourth-order valence-corrected chi connectivity index (χ4v) is 3.86. The summed E-state index contributed by atoms with van der Waals surface area (Å²) in [4.78, 5) is 12.0. The van der Waals surface area contributed by atoms with Gasteiger partial charge in [0.05, 0.1) is 5.56 Å². The van der Waals surface area contributed by atoms with Crippen molar-refractivity contribution in [2.75, 3.05) is 0 Å². The molecular weight excluding hydrogens is 360 g/mol. The van der Waals surface area contributed by atoms with E-state index in [-0.39, 0.29) is 0 Å². The fourth-order valence-electron chi connectivity index (χ4n) is 3.86. The van der Waals surface area contributed by atoms with Gasteiger partial charge in [0, 0.05) is 36.6 Å². The summed E-state index contributed by atoms with van der Waals surface area (Å²) in [6, 6.07) is 14.8. The smallest absolute Gasteiger partial charge is 0.337 e. The van der Waals surface area contributed by atoms with Crippen LogP contribution in [0.1, 0.15) is 55.1 Å². The molecule has 3 rings (SSSR count). The van der Waals surface area contributed by atoms with Gasteiger partial charge < -0.3 is 15.0 Å². The van der Waals surface area contributed by atoms with Crippen LogP contribution in [0.25, 0.3) is 0 Å². The monoisotopic (exact) mass is 390 g/mol. The van der Waals surface area contributed by atoms with E-state index in [0.29, 0.717) is 25.2 Å². The van der Waals surface area contributed by atoms with Crippen molar-refractivity contribution in [3.63, 3.8) is 0 Å². The summed E-state index contributed by atoms with van der Waals surface area (Å²) >= 11 is 0. The van der Waals surface area contributed by atoms with E-state index in [2.05, 4.69) is 73.1 Å². The van der Waals surface area contributed by atoms with E-state index in [4.69, 9.17) is 0 Å². The Morgan fingerprint density at radius 3 is 2.21 bits per heavy atom. The zero-order valence-electron chi connectivity index (χ0n) is 18.0. The lowest BCUT2D eigenvalue weighted by molar-refractivity contribution is 0.0694. The molecule has 29 heavy (non-hydrogen) atoms. The molecule has 3 aromatic rings. The molecule has 0 spiro atoms. The minimum absolute atomic E-state index is 0.421. The molecule has 1 heterocycles. The maximum absolute atomic E-state index is 12.0. The second-order valence-electron chi connectivity index (χ2n) is 7.93. The number of nitrogens with zero attached hydrogens (tertiary/aromatic N) is 1. The minimum atomic E-state index is -0.863. The van der Waals surface area contributed by atoms with Crippen molar-refractivity contribution in [1.82, 2.24) is 9.88 Å². The first-order chi connectivity index (χ1) is 13.8. The quantitative estimate of drug-likeness (QED) is 0.592. The van der Waals surface area contributed by atoms with Gasteiger partial charge in [-0.1, -0.05) is 53.6 Å². The summed E-state index contributed by atoms with van der Waals surface area (Å²) < 4.78 is 2.13. The number of carboxylic acids is 1. The third kappa shape index (κ3) is 4.60. The number of rotatable bonds is 7. The average molecular weight is 391 g/mol. The summed E-state index contributed by atoms with van der Waals surface area (Å²) in [6.07, 6.45) is 0. The number of aromatic carboxylic acids is 1. The highest BCUT2D eigenvalue weighted by atomic mass is 16.4. The topological polar surface area (TPSA) is 54.3 Å². The summed E-state index contributed by atoms with van der Waals surface area (Å²) in [7, 11) is 0. The average Bonchev–Trinajstić information content (AvgIpc) is 2.90. The van der Waals surface area contributed by atoms with Crippen molar-refractivity contribution in [2.24, 2.45) is 0 Å². The second kappa shape index (κ2) is 8.66. The predicted octanol–water partition coefficient (Wildman–Crippen LogP) is 5.07. The van der Waals surface area contributed by atoms with E-state index in [1.54, 1.807) is 0 Å². The van der Waals surface area contributed by atoms with Crippen LogP contribution in [0.2, 0.25) is 0 Å². The minimum Gasteiger partial charge on any atom is -0.478 e. The van der Waals surface area contributed by atoms with E-state index >= 15 is 0 Å².